The van der Waals surface area contributed by atoms with Gasteiger partial charge < -0.3 is 15.7 Å². The van der Waals surface area contributed by atoms with Crippen molar-refractivity contribution in [2.75, 3.05) is 19.7 Å². The lowest BCUT2D eigenvalue weighted by Gasteiger charge is -2.29. The van der Waals surface area contributed by atoms with E-state index in [0.29, 0.717) is 24.4 Å². The lowest BCUT2D eigenvalue weighted by Crippen LogP contribution is -2.41. The number of carbonyl (C=O) groups excluding carboxylic acids is 1. The number of nitrogens with two attached hydrogens (primary N) is 1. The Hall–Kier alpha value is -2.80. The smallest absolute Gasteiger partial charge is 0.248 e. The molecule has 3 rings (SSSR count). The van der Waals surface area contributed by atoms with Crippen LogP contribution in [0.25, 0.3) is 16.6 Å². The van der Waals surface area contributed by atoms with Crippen LogP contribution < -0.4 is 5.73 Å². The maximum absolute atomic E-state index is 11.5. The third-order valence-electron chi connectivity index (χ3n) is 4.30. The van der Waals surface area contributed by atoms with Crippen molar-refractivity contribution in [3.05, 3.63) is 42.4 Å². The summed E-state index contributed by atoms with van der Waals surface area (Å²) in [5, 5.41) is 8.91. The number of piperidine rings is 1. The van der Waals surface area contributed by atoms with Gasteiger partial charge in [0.1, 0.15) is 6.61 Å². The zero-order chi connectivity index (χ0) is 17.6. The maximum Gasteiger partial charge on any atom is 0.248 e. The summed E-state index contributed by atoms with van der Waals surface area (Å²) in [5.41, 5.74) is 8.78. The predicted octanol–water partition coefficient (Wildman–Crippen LogP) is 0.983. The van der Waals surface area contributed by atoms with Crippen molar-refractivity contribution in [3.8, 4) is 0 Å². The molecule has 1 aliphatic rings. The molecule has 1 aromatic heterocycles. The van der Waals surface area contributed by atoms with Gasteiger partial charge in [0.2, 0.25) is 5.91 Å². The molecule has 3 N–H and O–H groups in total. The Morgan fingerprint density at radius 3 is 2.72 bits per heavy atom. The molecule has 1 saturated heterocycles. The zero-order valence-corrected chi connectivity index (χ0v) is 13.9. The standard InChI is InChI=1S/C18H21N5O2/c19-9-13(17-11-21-15-3-1-2-4-16(15)22-17)10-20-14-5-7-23(8-6-14)18(25)12-24/h1-4,9-11,14,24H,5-8,12,19H2. The second kappa shape index (κ2) is 7.85. The van der Waals surface area contributed by atoms with Gasteiger partial charge in [-0.3, -0.25) is 14.8 Å². The van der Waals surface area contributed by atoms with Crippen LogP contribution in [-0.2, 0) is 4.79 Å². The SMILES string of the molecule is NC=C(C=NC1CCN(C(=O)CO)CC1)c1cnc2ccccc2n1. The van der Waals surface area contributed by atoms with Gasteiger partial charge in [-0.25, -0.2) is 4.98 Å². The molecule has 1 aromatic carbocycles. The van der Waals surface area contributed by atoms with Crippen LogP contribution in [0.4, 0.5) is 0 Å². The summed E-state index contributed by atoms with van der Waals surface area (Å²) in [6.45, 7) is 0.784. The molecule has 0 spiro atoms. The summed E-state index contributed by atoms with van der Waals surface area (Å²) in [5.74, 6) is -0.226. The molecule has 25 heavy (non-hydrogen) atoms. The van der Waals surface area contributed by atoms with E-state index >= 15 is 0 Å². The molecule has 0 atom stereocenters. The highest BCUT2D eigenvalue weighted by molar-refractivity contribution is 6.09. The number of hydrogen-bond donors (Lipinski definition) is 2. The number of nitrogens with zero attached hydrogens (tertiary/aromatic N) is 4. The molecule has 7 heteroatoms. The number of aliphatic hydroxyl groups is 1. The number of aliphatic hydroxyl groups excluding tert-OH is 1. The van der Waals surface area contributed by atoms with Crippen molar-refractivity contribution in [2.45, 2.75) is 18.9 Å². The number of rotatable bonds is 4. The summed E-state index contributed by atoms with van der Waals surface area (Å²) in [6.07, 6.45) is 6.43. The van der Waals surface area contributed by atoms with E-state index in [-0.39, 0.29) is 11.9 Å². The fourth-order valence-corrected chi connectivity index (χ4v) is 2.84. The van der Waals surface area contributed by atoms with E-state index in [1.54, 1.807) is 17.3 Å². The van der Waals surface area contributed by atoms with Gasteiger partial charge in [0.25, 0.3) is 0 Å². The van der Waals surface area contributed by atoms with E-state index in [1.807, 2.05) is 24.3 Å². The van der Waals surface area contributed by atoms with E-state index in [4.69, 9.17) is 10.8 Å². The number of amides is 1. The molecule has 0 bridgehead atoms. The predicted molar refractivity (Wildman–Crippen MR) is 96.9 cm³/mol. The summed E-state index contributed by atoms with van der Waals surface area (Å²) in [6, 6.07) is 7.79. The van der Waals surface area contributed by atoms with E-state index in [9.17, 15) is 4.79 Å². The van der Waals surface area contributed by atoms with Crippen LogP contribution in [0.1, 0.15) is 18.5 Å². The lowest BCUT2D eigenvalue weighted by atomic mass is 10.1. The number of para-hydroxylation sites is 2. The number of carbonyl (C=O) groups is 1. The Labute approximate surface area is 145 Å². The molecule has 2 heterocycles. The van der Waals surface area contributed by atoms with Crippen LogP contribution in [-0.4, -0.2) is 57.8 Å². The highest BCUT2D eigenvalue weighted by Gasteiger charge is 2.21. The topological polar surface area (TPSA) is 105 Å². The Bertz CT molecular complexity index is 810. The van der Waals surface area contributed by atoms with Gasteiger partial charge in [-0.05, 0) is 25.0 Å². The van der Waals surface area contributed by atoms with E-state index in [2.05, 4.69) is 15.0 Å². The summed E-state index contributed by atoms with van der Waals surface area (Å²) in [4.78, 5) is 26.7. The number of aliphatic imine (C=N–C) groups is 1. The molecular formula is C18H21N5O2. The maximum atomic E-state index is 11.5. The first-order valence-corrected chi connectivity index (χ1v) is 8.27. The molecule has 1 amide bonds. The first kappa shape index (κ1) is 17.0. The Balaban J connectivity index is 1.68. The number of benzene rings is 1. The van der Waals surface area contributed by atoms with Crippen LogP contribution in [0.15, 0.2) is 41.7 Å². The zero-order valence-electron chi connectivity index (χ0n) is 13.9. The van der Waals surface area contributed by atoms with Crippen molar-refractivity contribution in [2.24, 2.45) is 10.7 Å². The Kier molecular flexibility index (Phi) is 5.35. The van der Waals surface area contributed by atoms with Crippen molar-refractivity contribution in [3.63, 3.8) is 0 Å². The molecule has 0 radical (unpaired) electrons. The van der Waals surface area contributed by atoms with Gasteiger partial charge in [0.05, 0.1) is 29.0 Å². The molecule has 0 saturated carbocycles. The van der Waals surface area contributed by atoms with Crippen LogP contribution >= 0.6 is 0 Å². The quantitative estimate of drug-likeness (QED) is 0.808. The highest BCUT2D eigenvalue weighted by atomic mass is 16.3. The van der Waals surface area contributed by atoms with E-state index in [0.717, 1.165) is 23.9 Å². The molecule has 130 valence electrons. The Morgan fingerprint density at radius 1 is 1.32 bits per heavy atom. The largest absolute Gasteiger partial charge is 0.404 e. The summed E-state index contributed by atoms with van der Waals surface area (Å²) >= 11 is 0. The first-order chi connectivity index (χ1) is 12.2. The summed E-state index contributed by atoms with van der Waals surface area (Å²) < 4.78 is 0. The van der Waals surface area contributed by atoms with Crippen LogP contribution in [0.5, 0.6) is 0 Å². The third kappa shape index (κ3) is 4.00. The second-order valence-electron chi connectivity index (χ2n) is 5.91. The van der Waals surface area contributed by atoms with Crippen molar-refractivity contribution in [1.82, 2.24) is 14.9 Å². The normalized spacial score (nSPS) is 16.7. The second-order valence-corrected chi connectivity index (χ2v) is 5.91. The first-order valence-electron chi connectivity index (χ1n) is 8.27. The van der Waals surface area contributed by atoms with Crippen molar-refractivity contribution in [1.29, 1.82) is 0 Å². The van der Waals surface area contributed by atoms with Gasteiger partial charge in [-0.2, -0.15) is 0 Å². The average Bonchev–Trinajstić information content (AvgIpc) is 2.68. The van der Waals surface area contributed by atoms with Gasteiger partial charge >= 0.3 is 0 Å². The minimum Gasteiger partial charge on any atom is -0.404 e. The molecule has 0 aliphatic carbocycles. The van der Waals surface area contributed by atoms with Crippen molar-refractivity contribution >= 4 is 28.7 Å². The van der Waals surface area contributed by atoms with Gasteiger partial charge in [0, 0.05) is 31.1 Å². The third-order valence-corrected chi connectivity index (χ3v) is 4.30. The fourth-order valence-electron chi connectivity index (χ4n) is 2.84. The van der Waals surface area contributed by atoms with Gasteiger partial charge in [-0.1, -0.05) is 12.1 Å². The minimum absolute atomic E-state index is 0.131. The number of aromatic nitrogens is 2. The van der Waals surface area contributed by atoms with Gasteiger partial charge in [-0.15, -0.1) is 0 Å². The molecule has 7 nitrogen and oxygen atoms in total. The van der Waals surface area contributed by atoms with Crippen LogP contribution in [0.2, 0.25) is 0 Å². The molecule has 1 fully saturated rings. The van der Waals surface area contributed by atoms with E-state index in [1.165, 1.54) is 6.20 Å². The highest BCUT2D eigenvalue weighted by Crippen LogP contribution is 2.16. The lowest BCUT2D eigenvalue weighted by molar-refractivity contribution is -0.135. The van der Waals surface area contributed by atoms with E-state index < -0.39 is 6.61 Å². The monoisotopic (exact) mass is 339 g/mol. The average molecular weight is 339 g/mol. The van der Waals surface area contributed by atoms with Crippen LogP contribution in [0, 0.1) is 0 Å². The molecular weight excluding hydrogens is 318 g/mol. The number of hydrogen-bond acceptors (Lipinski definition) is 6. The fraction of sp³-hybridized carbons (Fsp3) is 0.333. The minimum atomic E-state index is -0.436. The number of fused-ring (bicyclic) bond motifs is 1. The molecule has 0 unspecified atom stereocenters. The molecule has 1 aliphatic heterocycles. The van der Waals surface area contributed by atoms with Crippen LogP contribution in [0.3, 0.4) is 0 Å². The van der Waals surface area contributed by atoms with Crippen molar-refractivity contribution < 1.29 is 9.90 Å². The number of allylic oxidation sites excluding steroid dienone is 1. The Morgan fingerprint density at radius 2 is 2.04 bits per heavy atom. The molecule has 2 aromatic rings. The number of likely N-dealkylation sites (tertiary alicyclic amines) is 1. The summed E-state index contributed by atoms with van der Waals surface area (Å²) in [7, 11) is 0. The van der Waals surface area contributed by atoms with Gasteiger partial charge in [0.15, 0.2) is 0 Å².